The largest absolute Gasteiger partial charge is 0.323 e. The number of allylic oxidation sites excluding steroid dienone is 2. The first kappa shape index (κ1) is 16.7. The average molecular weight is 347 g/mol. The normalized spacial score (nSPS) is 22.7. The van der Waals surface area contributed by atoms with Crippen LogP contribution >= 0.6 is 11.6 Å². The molecule has 5 nitrogen and oxygen atoms in total. The summed E-state index contributed by atoms with van der Waals surface area (Å²) in [5, 5.41) is 3.16. The van der Waals surface area contributed by atoms with E-state index in [4.69, 9.17) is 11.6 Å². The van der Waals surface area contributed by atoms with E-state index in [0.29, 0.717) is 23.6 Å². The van der Waals surface area contributed by atoms with Crippen molar-refractivity contribution in [2.75, 3.05) is 11.9 Å². The molecular weight excluding hydrogens is 328 g/mol. The van der Waals surface area contributed by atoms with Gasteiger partial charge in [-0.05, 0) is 43.9 Å². The molecule has 1 aromatic carbocycles. The second-order valence-corrected chi connectivity index (χ2v) is 6.81. The zero-order chi connectivity index (χ0) is 17.4. The van der Waals surface area contributed by atoms with Crippen LogP contribution in [0, 0.1) is 25.7 Å². The molecule has 3 amide bonds. The standard InChI is InChI=1S/C18H19ClN2O3/c1-10-7-11(2)16(14(19)8-10)20-15(22)9-21-17(23)12-5-3-4-6-13(12)18(21)24/h3-4,7-8,12-13H,5-6,9H2,1-2H3,(H,20,22)/t12-,13-/m0/s1. The van der Waals surface area contributed by atoms with Crippen molar-refractivity contribution in [3.63, 3.8) is 0 Å². The molecule has 1 aliphatic carbocycles. The number of benzene rings is 1. The number of likely N-dealkylation sites (tertiary alicyclic amines) is 1. The molecule has 2 aliphatic rings. The predicted molar refractivity (Wildman–Crippen MR) is 91.6 cm³/mol. The lowest BCUT2D eigenvalue weighted by molar-refractivity contribution is -0.142. The van der Waals surface area contributed by atoms with Crippen molar-refractivity contribution in [3.05, 3.63) is 40.4 Å². The summed E-state index contributed by atoms with van der Waals surface area (Å²) in [6.07, 6.45) is 4.98. The first-order valence-electron chi connectivity index (χ1n) is 7.95. The summed E-state index contributed by atoms with van der Waals surface area (Å²) >= 11 is 6.18. The second kappa shape index (κ2) is 6.40. The van der Waals surface area contributed by atoms with Gasteiger partial charge in [-0.1, -0.05) is 29.8 Å². The summed E-state index contributed by atoms with van der Waals surface area (Å²) in [6.45, 7) is 3.50. The number of nitrogens with one attached hydrogen (secondary N) is 1. The van der Waals surface area contributed by atoms with Crippen molar-refractivity contribution < 1.29 is 14.4 Å². The minimum atomic E-state index is -0.419. The SMILES string of the molecule is Cc1cc(C)c(NC(=O)CN2C(=O)[C@H]3CC=CC[C@@H]3C2=O)c(Cl)c1. The molecule has 0 radical (unpaired) electrons. The number of carbonyl (C=O) groups is 3. The number of hydrogen-bond acceptors (Lipinski definition) is 3. The highest BCUT2D eigenvalue weighted by molar-refractivity contribution is 6.34. The summed E-state index contributed by atoms with van der Waals surface area (Å²) in [6, 6.07) is 3.67. The third-order valence-corrected chi connectivity index (χ3v) is 4.89. The van der Waals surface area contributed by atoms with E-state index in [1.165, 1.54) is 0 Å². The number of anilines is 1. The number of carbonyl (C=O) groups excluding carboxylic acids is 3. The zero-order valence-corrected chi connectivity index (χ0v) is 14.4. The van der Waals surface area contributed by atoms with Gasteiger partial charge in [-0.25, -0.2) is 0 Å². The number of aryl methyl sites for hydroxylation is 2. The van der Waals surface area contributed by atoms with Crippen molar-refractivity contribution in [2.45, 2.75) is 26.7 Å². The van der Waals surface area contributed by atoms with Crippen LogP contribution in [0.1, 0.15) is 24.0 Å². The molecule has 0 aromatic heterocycles. The maximum Gasteiger partial charge on any atom is 0.244 e. The molecule has 0 spiro atoms. The van der Waals surface area contributed by atoms with E-state index in [0.717, 1.165) is 16.0 Å². The molecule has 1 aliphatic heterocycles. The lowest BCUT2D eigenvalue weighted by Gasteiger charge is -2.16. The van der Waals surface area contributed by atoms with Gasteiger partial charge in [-0.15, -0.1) is 0 Å². The summed E-state index contributed by atoms with van der Waals surface area (Å²) in [7, 11) is 0. The van der Waals surface area contributed by atoms with E-state index in [2.05, 4.69) is 5.32 Å². The number of fused-ring (bicyclic) bond motifs is 1. The van der Waals surface area contributed by atoms with Crippen LogP contribution in [0.2, 0.25) is 5.02 Å². The fourth-order valence-electron chi connectivity index (χ4n) is 3.42. The number of hydrogen-bond donors (Lipinski definition) is 1. The zero-order valence-electron chi connectivity index (χ0n) is 13.6. The molecule has 0 saturated carbocycles. The van der Waals surface area contributed by atoms with Crippen LogP contribution in [0.25, 0.3) is 0 Å². The summed E-state index contributed by atoms with van der Waals surface area (Å²) in [4.78, 5) is 38.2. The molecule has 1 saturated heterocycles. The summed E-state index contributed by atoms with van der Waals surface area (Å²) in [5.41, 5.74) is 2.35. The van der Waals surface area contributed by atoms with Gasteiger partial charge in [0.2, 0.25) is 17.7 Å². The van der Waals surface area contributed by atoms with Gasteiger partial charge in [0.05, 0.1) is 22.5 Å². The Hall–Kier alpha value is -2.14. The van der Waals surface area contributed by atoms with E-state index < -0.39 is 5.91 Å². The lowest BCUT2D eigenvalue weighted by Crippen LogP contribution is -2.38. The highest BCUT2D eigenvalue weighted by atomic mass is 35.5. The predicted octanol–water partition coefficient (Wildman–Crippen LogP) is 2.85. The minimum Gasteiger partial charge on any atom is -0.323 e. The van der Waals surface area contributed by atoms with Crippen molar-refractivity contribution in [2.24, 2.45) is 11.8 Å². The number of amides is 3. The minimum absolute atomic E-state index is 0.253. The molecule has 1 aromatic rings. The fraction of sp³-hybridized carbons (Fsp3) is 0.389. The Morgan fingerprint density at radius 3 is 2.29 bits per heavy atom. The van der Waals surface area contributed by atoms with Crippen LogP contribution in [0.3, 0.4) is 0 Å². The number of nitrogens with zero attached hydrogens (tertiary/aromatic N) is 1. The van der Waals surface area contributed by atoms with Crippen LogP contribution in [0.15, 0.2) is 24.3 Å². The van der Waals surface area contributed by atoms with Gasteiger partial charge in [0.25, 0.3) is 0 Å². The van der Waals surface area contributed by atoms with E-state index in [1.807, 2.05) is 32.1 Å². The Balaban J connectivity index is 1.72. The molecule has 2 atom stereocenters. The average Bonchev–Trinajstić information content (AvgIpc) is 2.76. The molecule has 6 heteroatoms. The van der Waals surface area contributed by atoms with Gasteiger partial charge in [0, 0.05) is 0 Å². The maximum absolute atomic E-state index is 12.4. The Labute approximate surface area is 145 Å². The topological polar surface area (TPSA) is 66.5 Å². The van der Waals surface area contributed by atoms with Crippen LogP contribution in [0.4, 0.5) is 5.69 Å². The van der Waals surface area contributed by atoms with Gasteiger partial charge in [0.1, 0.15) is 6.54 Å². The van der Waals surface area contributed by atoms with Gasteiger partial charge in [0.15, 0.2) is 0 Å². The Kier molecular flexibility index (Phi) is 4.45. The van der Waals surface area contributed by atoms with Crippen molar-refractivity contribution >= 4 is 35.0 Å². The molecule has 1 fully saturated rings. The summed E-state index contributed by atoms with van der Waals surface area (Å²) in [5.74, 6) is -1.57. The molecule has 0 unspecified atom stereocenters. The molecule has 24 heavy (non-hydrogen) atoms. The highest BCUT2D eigenvalue weighted by Gasteiger charge is 2.47. The van der Waals surface area contributed by atoms with E-state index in [9.17, 15) is 14.4 Å². The smallest absolute Gasteiger partial charge is 0.244 e. The summed E-state index contributed by atoms with van der Waals surface area (Å²) < 4.78 is 0. The van der Waals surface area contributed by atoms with E-state index in [1.54, 1.807) is 6.07 Å². The molecule has 0 bridgehead atoms. The second-order valence-electron chi connectivity index (χ2n) is 6.41. The quantitative estimate of drug-likeness (QED) is 0.676. The third kappa shape index (κ3) is 2.96. The Bertz CT molecular complexity index is 708. The maximum atomic E-state index is 12.4. The molecule has 1 heterocycles. The van der Waals surface area contributed by atoms with Crippen LogP contribution in [-0.2, 0) is 14.4 Å². The molecule has 1 N–H and O–H groups in total. The Morgan fingerprint density at radius 1 is 1.17 bits per heavy atom. The van der Waals surface area contributed by atoms with E-state index >= 15 is 0 Å². The monoisotopic (exact) mass is 346 g/mol. The van der Waals surface area contributed by atoms with Crippen molar-refractivity contribution in [1.82, 2.24) is 4.90 Å². The number of imide groups is 1. The first-order valence-corrected chi connectivity index (χ1v) is 8.33. The van der Waals surface area contributed by atoms with Crippen molar-refractivity contribution in [3.8, 4) is 0 Å². The van der Waals surface area contributed by atoms with Crippen LogP contribution < -0.4 is 5.32 Å². The van der Waals surface area contributed by atoms with Gasteiger partial charge < -0.3 is 5.32 Å². The van der Waals surface area contributed by atoms with Gasteiger partial charge >= 0.3 is 0 Å². The fourth-order valence-corrected chi connectivity index (χ4v) is 3.79. The molecule has 126 valence electrons. The Morgan fingerprint density at radius 2 is 1.75 bits per heavy atom. The number of halogens is 1. The van der Waals surface area contributed by atoms with E-state index in [-0.39, 0.29) is 30.2 Å². The number of rotatable bonds is 3. The molecular formula is C18H19ClN2O3. The third-order valence-electron chi connectivity index (χ3n) is 4.60. The lowest BCUT2D eigenvalue weighted by atomic mass is 9.85. The first-order chi connectivity index (χ1) is 11.4. The van der Waals surface area contributed by atoms with Crippen molar-refractivity contribution in [1.29, 1.82) is 0 Å². The van der Waals surface area contributed by atoms with Gasteiger partial charge in [-0.2, -0.15) is 0 Å². The highest BCUT2D eigenvalue weighted by Crippen LogP contribution is 2.35. The van der Waals surface area contributed by atoms with Gasteiger partial charge in [-0.3, -0.25) is 19.3 Å². The van der Waals surface area contributed by atoms with Crippen LogP contribution in [0.5, 0.6) is 0 Å². The van der Waals surface area contributed by atoms with Crippen LogP contribution in [-0.4, -0.2) is 29.2 Å². The molecule has 3 rings (SSSR count).